The fourth-order valence-electron chi connectivity index (χ4n) is 3.74. The van der Waals surface area contributed by atoms with Gasteiger partial charge < -0.3 is 15.4 Å². The van der Waals surface area contributed by atoms with Crippen molar-refractivity contribution >= 4 is 28.1 Å². The van der Waals surface area contributed by atoms with Crippen LogP contribution < -0.4 is 15.4 Å². The van der Waals surface area contributed by atoms with Gasteiger partial charge in [0.25, 0.3) is 0 Å². The molecule has 0 aliphatic carbocycles. The number of carbonyl (C=O) groups is 1. The number of ether oxygens (including phenoxy) is 1. The van der Waals surface area contributed by atoms with E-state index in [9.17, 15) is 4.79 Å². The molecule has 0 aliphatic heterocycles. The van der Waals surface area contributed by atoms with E-state index in [4.69, 9.17) is 4.74 Å². The van der Waals surface area contributed by atoms with Crippen LogP contribution in [0.3, 0.4) is 0 Å². The molecule has 4 aromatic rings. The number of hydrogen-bond donors (Lipinski definition) is 2. The average Bonchev–Trinajstić information content (AvgIpc) is 2.82. The molecule has 0 spiro atoms. The maximum atomic E-state index is 11.9. The van der Waals surface area contributed by atoms with Crippen molar-refractivity contribution in [3.8, 4) is 5.75 Å². The van der Waals surface area contributed by atoms with Gasteiger partial charge in [0.2, 0.25) is 5.91 Å². The fourth-order valence-corrected chi connectivity index (χ4v) is 3.74. The van der Waals surface area contributed by atoms with Gasteiger partial charge in [0.05, 0.1) is 0 Å². The van der Waals surface area contributed by atoms with Crippen molar-refractivity contribution in [2.45, 2.75) is 33.9 Å². The SMILES string of the molecule is Cc1cccc(COc2ccc3ccccc3c2CNc2ccc(NC(=O)C(C)C)cc2)c1. The van der Waals surface area contributed by atoms with E-state index < -0.39 is 0 Å². The van der Waals surface area contributed by atoms with E-state index in [0.29, 0.717) is 13.2 Å². The number of rotatable bonds is 8. The van der Waals surface area contributed by atoms with Crippen LogP contribution in [0, 0.1) is 12.8 Å². The van der Waals surface area contributed by atoms with Crippen molar-refractivity contribution in [1.29, 1.82) is 0 Å². The van der Waals surface area contributed by atoms with Crippen LogP contribution in [0.1, 0.15) is 30.5 Å². The van der Waals surface area contributed by atoms with Crippen LogP contribution in [0.25, 0.3) is 10.8 Å². The predicted octanol–water partition coefficient (Wildman–Crippen LogP) is 6.93. The summed E-state index contributed by atoms with van der Waals surface area (Å²) in [4.78, 5) is 11.9. The van der Waals surface area contributed by atoms with Gasteiger partial charge in [0, 0.05) is 29.4 Å². The summed E-state index contributed by atoms with van der Waals surface area (Å²) in [5, 5.41) is 8.79. The second-order valence-corrected chi connectivity index (χ2v) is 8.62. The molecule has 0 atom stereocenters. The quantitative estimate of drug-likeness (QED) is 0.313. The van der Waals surface area contributed by atoms with Crippen molar-refractivity contribution in [3.05, 3.63) is 102 Å². The maximum absolute atomic E-state index is 11.9. The average molecular weight is 439 g/mol. The van der Waals surface area contributed by atoms with E-state index in [0.717, 1.165) is 28.3 Å². The molecule has 0 bridgehead atoms. The Balaban J connectivity index is 1.52. The van der Waals surface area contributed by atoms with Crippen LogP contribution in [0.5, 0.6) is 5.75 Å². The molecule has 168 valence electrons. The van der Waals surface area contributed by atoms with E-state index in [1.54, 1.807) is 0 Å². The summed E-state index contributed by atoms with van der Waals surface area (Å²) >= 11 is 0. The summed E-state index contributed by atoms with van der Waals surface area (Å²) in [5.74, 6) is 0.845. The van der Waals surface area contributed by atoms with Crippen LogP contribution >= 0.6 is 0 Å². The molecule has 33 heavy (non-hydrogen) atoms. The summed E-state index contributed by atoms with van der Waals surface area (Å²) in [6.07, 6.45) is 0. The van der Waals surface area contributed by atoms with Gasteiger partial charge in [-0.1, -0.05) is 74.0 Å². The largest absolute Gasteiger partial charge is 0.489 e. The van der Waals surface area contributed by atoms with E-state index in [1.165, 1.54) is 16.3 Å². The lowest BCUT2D eigenvalue weighted by molar-refractivity contribution is -0.118. The molecule has 0 saturated carbocycles. The minimum absolute atomic E-state index is 0.0156. The highest BCUT2D eigenvalue weighted by atomic mass is 16.5. The number of amides is 1. The summed E-state index contributed by atoms with van der Waals surface area (Å²) in [6.45, 7) is 7.01. The van der Waals surface area contributed by atoms with Gasteiger partial charge in [-0.15, -0.1) is 0 Å². The first-order valence-corrected chi connectivity index (χ1v) is 11.3. The number of hydrogen-bond acceptors (Lipinski definition) is 3. The summed E-state index contributed by atoms with van der Waals surface area (Å²) < 4.78 is 6.27. The standard InChI is InChI=1S/C29H30N2O2/c1-20(2)29(32)31-25-14-12-24(13-15-25)30-18-27-26-10-5-4-9-23(26)11-16-28(27)33-19-22-8-6-7-21(3)17-22/h4-17,20,30H,18-19H2,1-3H3,(H,31,32). The zero-order chi connectivity index (χ0) is 23.2. The van der Waals surface area contributed by atoms with E-state index >= 15 is 0 Å². The lowest BCUT2D eigenvalue weighted by atomic mass is 10.0. The highest BCUT2D eigenvalue weighted by Crippen LogP contribution is 2.30. The van der Waals surface area contributed by atoms with Crippen LogP contribution in [-0.4, -0.2) is 5.91 Å². The normalized spacial score (nSPS) is 10.9. The Bertz CT molecular complexity index is 1250. The van der Waals surface area contributed by atoms with Crippen molar-refractivity contribution < 1.29 is 9.53 Å². The second kappa shape index (κ2) is 10.2. The Kier molecular flexibility index (Phi) is 6.94. The highest BCUT2D eigenvalue weighted by Gasteiger charge is 2.10. The molecule has 0 fully saturated rings. The molecule has 0 aliphatic rings. The predicted molar refractivity (Wildman–Crippen MR) is 137 cm³/mol. The number of anilines is 2. The van der Waals surface area contributed by atoms with E-state index in [1.807, 2.05) is 38.1 Å². The number of nitrogens with one attached hydrogen (secondary N) is 2. The van der Waals surface area contributed by atoms with Gasteiger partial charge >= 0.3 is 0 Å². The topological polar surface area (TPSA) is 50.4 Å². The third kappa shape index (κ3) is 5.72. The van der Waals surface area contributed by atoms with Crippen molar-refractivity contribution in [3.63, 3.8) is 0 Å². The fraction of sp³-hybridized carbons (Fsp3) is 0.207. The number of carbonyl (C=O) groups excluding carboxylic acids is 1. The molecule has 0 aromatic heterocycles. The van der Waals surface area contributed by atoms with Crippen LogP contribution in [0.2, 0.25) is 0 Å². The smallest absolute Gasteiger partial charge is 0.226 e. The van der Waals surface area contributed by atoms with E-state index in [2.05, 4.69) is 78.2 Å². The van der Waals surface area contributed by atoms with Gasteiger partial charge in [0.15, 0.2) is 0 Å². The van der Waals surface area contributed by atoms with Gasteiger partial charge in [-0.05, 0) is 53.6 Å². The number of fused-ring (bicyclic) bond motifs is 1. The molecule has 0 unspecified atom stereocenters. The van der Waals surface area contributed by atoms with Crippen molar-refractivity contribution in [2.75, 3.05) is 10.6 Å². The summed E-state index contributed by atoms with van der Waals surface area (Å²) in [5.41, 5.74) is 5.28. The van der Waals surface area contributed by atoms with Crippen LogP contribution in [0.4, 0.5) is 11.4 Å². The molecule has 4 rings (SSSR count). The maximum Gasteiger partial charge on any atom is 0.226 e. The molecule has 0 saturated heterocycles. The molecular weight excluding hydrogens is 408 g/mol. The van der Waals surface area contributed by atoms with E-state index in [-0.39, 0.29) is 11.8 Å². The Hall–Kier alpha value is -3.79. The minimum Gasteiger partial charge on any atom is -0.489 e. The molecule has 0 heterocycles. The van der Waals surface area contributed by atoms with Gasteiger partial charge in [-0.25, -0.2) is 0 Å². The first-order valence-electron chi connectivity index (χ1n) is 11.3. The first-order chi connectivity index (χ1) is 16.0. The Morgan fingerprint density at radius 2 is 1.64 bits per heavy atom. The zero-order valence-corrected chi connectivity index (χ0v) is 19.4. The summed E-state index contributed by atoms with van der Waals surface area (Å²) in [6, 6.07) is 28.7. The van der Waals surface area contributed by atoms with Crippen molar-refractivity contribution in [1.82, 2.24) is 0 Å². The Morgan fingerprint density at radius 3 is 2.39 bits per heavy atom. The number of benzene rings is 4. The molecule has 4 nitrogen and oxygen atoms in total. The minimum atomic E-state index is -0.0487. The van der Waals surface area contributed by atoms with Crippen LogP contribution in [0.15, 0.2) is 84.9 Å². The molecule has 1 amide bonds. The van der Waals surface area contributed by atoms with Gasteiger partial charge in [-0.2, -0.15) is 0 Å². The molecular formula is C29H30N2O2. The molecule has 0 radical (unpaired) electrons. The van der Waals surface area contributed by atoms with Crippen LogP contribution in [-0.2, 0) is 17.9 Å². The highest BCUT2D eigenvalue weighted by molar-refractivity contribution is 5.92. The second-order valence-electron chi connectivity index (χ2n) is 8.62. The lowest BCUT2D eigenvalue weighted by Gasteiger charge is -2.16. The lowest BCUT2D eigenvalue weighted by Crippen LogP contribution is -2.17. The van der Waals surface area contributed by atoms with Crippen molar-refractivity contribution in [2.24, 2.45) is 5.92 Å². The van der Waals surface area contributed by atoms with Gasteiger partial charge in [-0.3, -0.25) is 4.79 Å². The first kappa shape index (κ1) is 22.4. The monoisotopic (exact) mass is 438 g/mol. The third-order valence-corrected chi connectivity index (χ3v) is 5.62. The number of aryl methyl sites for hydroxylation is 1. The molecule has 4 aromatic carbocycles. The molecule has 4 heteroatoms. The molecule has 2 N–H and O–H groups in total. The summed E-state index contributed by atoms with van der Waals surface area (Å²) in [7, 11) is 0. The third-order valence-electron chi connectivity index (χ3n) is 5.62. The Labute approximate surface area is 195 Å². The van der Waals surface area contributed by atoms with Gasteiger partial charge in [0.1, 0.15) is 12.4 Å². The Morgan fingerprint density at radius 1 is 0.879 bits per heavy atom. The zero-order valence-electron chi connectivity index (χ0n) is 19.4.